The second-order valence-electron chi connectivity index (χ2n) is 7.48. The van der Waals surface area contributed by atoms with Crippen LogP contribution in [0, 0.1) is 0 Å². The fraction of sp³-hybridized carbons (Fsp3) is 0.292. The van der Waals surface area contributed by atoms with Crippen molar-refractivity contribution >= 4 is 32.3 Å². The highest BCUT2D eigenvalue weighted by atomic mass is 32.1. The van der Waals surface area contributed by atoms with Crippen LogP contribution < -0.4 is 5.56 Å². The molecule has 2 aromatic heterocycles. The van der Waals surface area contributed by atoms with Crippen LogP contribution in [-0.4, -0.2) is 23.5 Å². The van der Waals surface area contributed by atoms with Crippen LogP contribution >= 0.6 is 11.3 Å². The van der Waals surface area contributed by atoms with Crippen LogP contribution in [0.25, 0.3) is 32.1 Å². The van der Waals surface area contributed by atoms with Gasteiger partial charge in [0.05, 0.1) is 0 Å². The van der Waals surface area contributed by atoms with Gasteiger partial charge in [-0.2, -0.15) is 0 Å². The van der Waals surface area contributed by atoms with E-state index in [2.05, 4.69) is 67.2 Å². The smallest absolute Gasteiger partial charge is 0.266 e. The van der Waals surface area contributed by atoms with Crippen molar-refractivity contribution < 1.29 is 0 Å². The average Bonchev–Trinajstić information content (AvgIpc) is 3.22. The summed E-state index contributed by atoms with van der Waals surface area (Å²) >= 11 is 1.50. The molecule has 2 heterocycles. The molecule has 0 radical (unpaired) electrons. The third-order valence-corrected chi connectivity index (χ3v) is 6.60. The molecule has 1 atom stereocenters. The highest BCUT2D eigenvalue weighted by molar-refractivity contribution is 7.17. The molecule has 0 saturated carbocycles. The van der Waals surface area contributed by atoms with Gasteiger partial charge in [0.1, 0.15) is 4.70 Å². The van der Waals surface area contributed by atoms with Gasteiger partial charge in [-0.05, 0) is 61.1 Å². The van der Waals surface area contributed by atoms with E-state index >= 15 is 0 Å². The van der Waals surface area contributed by atoms with Crippen LogP contribution in [0.1, 0.15) is 38.3 Å². The molecule has 0 aliphatic carbocycles. The molecule has 0 amide bonds. The standard InChI is InChI=1S/C24H26N2OS/c1-4-5-14-26(3)16(2)17-9-11-18(12-10-17)19-7-6-8-21-22(19)20-13-15-28-23(20)24(27)25-21/h6-13,15-16H,4-5,14H2,1-3H3,(H,25,27). The first-order chi connectivity index (χ1) is 13.6. The number of benzene rings is 2. The minimum Gasteiger partial charge on any atom is -0.321 e. The second kappa shape index (κ2) is 7.90. The molecule has 4 aromatic rings. The molecule has 1 unspecified atom stereocenters. The Hall–Kier alpha value is -2.43. The first kappa shape index (κ1) is 18.9. The van der Waals surface area contributed by atoms with Crippen molar-refractivity contribution in [2.75, 3.05) is 13.6 Å². The highest BCUT2D eigenvalue weighted by Crippen LogP contribution is 2.34. The molecule has 4 rings (SSSR count). The number of hydrogen-bond donors (Lipinski definition) is 1. The first-order valence-corrected chi connectivity index (χ1v) is 10.8. The lowest BCUT2D eigenvalue weighted by molar-refractivity contribution is 0.257. The summed E-state index contributed by atoms with van der Waals surface area (Å²) < 4.78 is 0.794. The summed E-state index contributed by atoms with van der Waals surface area (Å²) in [5.41, 5.74) is 4.56. The molecule has 0 saturated heterocycles. The van der Waals surface area contributed by atoms with E-state index in [-0.39, 0.29) is 5.56 Å². The van der Waals surface area contributed by atoms with Crippen molar-refractivity contribution in [1.29, 1.82) is 0 Å². The molecule has 4 heteroatoms. The van der Waals surface area contributed by atoms with E-state index in [0.29, 0.717) is 6.04 Å². The summed E-state index contributed by atoms with van der Waals surface area (Å²) in [6.45, 7) is 5.61. The van der Waals surface area contributed by atoms with Crippen molar-refractivity contribution in [1.82, 2.24) is 9.88 Å². The van der Waals surface area contributed by atoms with Gasteiger partial charge in [0, 0.05) is 22.3 Å². The Bertz CT molecular complexity index is 1160. The summed E-state index contributed by atoms with van der Waals surface area (Å²) in [7, 11) is 2.20. The minimum absolute atomic E-state index is 0.00561. The molecule has 0 fully saturated rings. The number of rotatable bonds is 6. The molecule has 3 nitrogen and oxygen atoms in total. The van der Waals surface area contributed by atoms with E-state index < -0.39 is 0 Å². The normalized spacial score (nSPS) is 12.9. The van der Waals surface area contributed by atoms with Crippen molar-refractivity contribution in [3.63, 3.8) is 0 Å². The van der Waals surface area contributed by atoms with Gasteiger partial charge < -0.3 is 4.98 Å². The number of unbranched alkanes of at least 4 members (excludes halogenated alkanes) is 1. The number of aromatic nitrogens is 1. The van der Waals surface area contributed by atoms with E-state index in [1.54, 1.807) is 0 Å². The first-order valence-electron chi connectivity index (χ1n) is 9.93. The fourth-order valence-corrected chi connectivity index (χ4v) is 4.64. The van der Waals surface area contributed by atoms with Crippen molar-refractivity contribution in [3.8, 4) is 11.1 Å². The van der Waals surface area contributed by atoms with Gasteiger partial charge in [0.15, 0.2) is 0 Å². The average molecular weight is 391 g/mol. The van der Waals surface area contributed by atoms with Crippen LogP contribution in [0.15, 0.2) is 58.7 Å². The van der Waals surface area contributed by atoms with Gasteiger partial charge in [0.25, 0.3) is 5.56 Å². The zero-order chi connectivity index (χ0) is 19.7. The van der Waals surface area contributed by atoms with E-state index in [1.165, 1.54) is 35.3 Å². The van der Waals surface area contributed by atoms with Crippen LogP contribution in [0.4, 0.5) is 0 Å². The topological polar surface area (TPSA) is 36.1 Å². The Morgan fingerprint density at radius 3 is 2.64 bits per heavy atom. The lowest BCUT2D eigenvalue weighted by atomic mass is 9.96. The van der Waals surface area contributed by atoms with E-state index in [4.69, 9.17) is 0 Å². The van der Waals surface area contributed by atoms with Crippen LogP contribution in [0.5, 0.6) is 0 Å². The number of hydrogen-bond acceptors (Lipinski definition) is 3. The molecule has 0 bridgehead atoms. The molecule has 0 aliphatic rings. The Balaban J connectivity index is 1.75. The summed E-state index contributed by atoms with van der Waals surface area (Å²) in [6.07, 6.45) is 2.44. The number of pyridine rings is 1. The number of fused-ring (bicyclic) bond motifs is 3. The predicted molar refractivity (Wildman–Crippen MR) is 121 cm³/mol. The Morgan fingerprint density at radius 1 is 1.11 bits per heavy atom. The summed E-state index contributed by atoms with van der Waals surface area (Å²) in [5.74, 6) is 0. The van der Waals surface area contributed by atoms with Gasteiger partial charge in [-0.25, -0.2) is 0 Å². The third-order valence-electron chi connectivity index (χ3n) is 5.68. The van der Waals surface area contributed by atoms with Gasteiger partial charge in [-0.3, -0.25) is 9.69 Å². The SMILES string of the molecule is CCCCN(C)C(C)c1ccc(-c2cccc3[nH]c(=O)c4sccc4c23)cc1. The molecule has 28 heavy (non-hydrogen) atoms. The summed E-state index contributed by atoms with van der Waals surface area (Å²) in [4.78, 5) is 17.8. The number of nitrogens with zero attached hydrogens (tertiary/aromatic N) is 1. The number of H-pyrrole nitrogens is 1. The number of nitrogens with one attached hydrogen (secondary N) is 1. The maximum Gasteiger partial charge on any atom is 0.266 e. The van der Waals surface area contributed by atoms with E-state index in [0.717, 1.165) is 33.1 Å². The molecular weight excluding hydrogens is 364 g/mol. The van der Waals surface area contributed by atoms with E-state index in [1.807, 2.05) is 17.5 Å². The zero-order valence-corrected chi connectivity index (χ0v) is 17.5. The monoisotopic (exact) mass is 390 g/mol. The maximum absolute atomic E-state index is 12.3. The fourth-order valence-electron chi connectivity index (χ4n) is 3.85. The lowest BCUT2D eigenvalue weighted by Crippen LogP contribution is -2.23. The number of aromatic amines is 1. The molecule has 1 N–H and O–H groups in total. The lowest BCUT2D eigenvalue weighted by Gasteiger charge is -2.25. The largest absolute Gasteiger partial charge is 0.321 e. The second-order valence-corrected chi connectivity index (χ2v) is 8.39. The Kier molecular flexibility index (Phi) is 5.33. The van der Waals surface area contributed by atoms with E-state index in [9.17, 15) is 4.79 Å². The molecule has 0 aliphatic heterocycles. The quantitative estimate of drug-likeness (QED) is 0.425. The van der Waals surface area contributed by atoms with Gasteiger partial charge in [-0.15, -0.1) is 11.3 Å². The Labute approximate surface area is 169 Å². The molecule has 144 valence electrons. The number of thiophene rings is 1. The zero-order valence-electron chi connectivity index (χ0n) is 16.7. The summed E-state index contributed by atoms with van der Waals surface area (Å²) in [5, 5.41) is 4.16. The maximum atomic E-state index is 12.3. The summed E-state index contributed by atoms with van der Waals surface area (Å²) in [6, 6.07) is 17.5. The molecule has 2 aromatic carbocycles. The third kappa shape index (κ3) is 3.38. The molecular formula is C24H26N2OS. The van der Waals surface area contributed by atoms with Crippen LogP contribution in [0.3, 0.4) is 0 Å². The van der Waals surface area contributed by atoms with Gasteiger partial charge >= 0.3 is 0 Å². The highest BCUT2D eigenvalue weighted by Gasteiger charge is 2.14. The van der Waals surface area contributed by atoms with Crippen molar-refractivity contribution in [2.45, 2.75) is 32.7 Å². The minimum atomic E-state index is -0.00561. The predicted octanol–water partition coefficient (Wildman–Crippen LogP) is 6.20. The van der Waals surface area contributed by atoms with Crippen molar-refractivity contribution in [3.05, 3.63) is 69.8 Å². The van der Waals surface area contributed by atoms with Crippen LogP contribution in [0.2, 0.25) is 0 Å². The van der Waals surface area contributed by atoms with Gasteiger partial charge in [0.2, 0.25) is 0 Å². The van der Waals surface area contributed by atoms with Gasteiger partial charge in [-0.1, -0.05) is 49.7 Å². The van der Waals surface area contributed by atoms with Crippen LogP contribution in [-0.2, 0) is 0 Å². The molecule has 0 spiro atoms. The van der Waals surface area contributed by atoms with Crippen molar-refractivity contribution in [2.24, 2.45) is 0 Å². The Morgan fingerprint density at radius 2 is 1.89 bits per heavy atom.